The number of nitrogens with zero attached hydrogens (tertiary/aromatic N) is 1. The topological polar surface area (TPSA) is 24.4 Å². The summed E-state index contributed by atoms with van der Waals surface area (Å²) in [4.78, 5) is 4.60. The number of hydrogen-bond donors (Lipinski definition) is 1. The molecule has 0 unspecified atom stereocenters. The molecule has 2 aromatic carbocycles. The summed E-state index contributed by atoms with van der Waals surface area (Å²) in [6.45, 7) is 4.16. The molecule has 0 heterocycles. The predicted molar refractivity (Wildman–Crippen MR) is 86.6 cm³/mol. The third-order valence-corrected chi connectivity index (χ3v) is 3.34. The van der Waals surface area contributed by atoms with Crippen LogP contribution in [0, 0.1) is 13.8 Å². The summed E-state index contributed by atoms with van der Waals surface area (Å²) in [5, 5.41) is 4.23. The highest BCUT2D eigenvalue weighted by molar-refractivity contribution is 8.13. The fourth-order valence-corrected chi connectivity index (χ4v) is 2.04. The third-order valence-electron chi connectivity index (χ3n) is 2.76. The molecule has 0 amide bonds. The Morgan fingerprint density at radius 2 is 1.42 bits per heavy atom. The number of anilines is 1. The van der Waals surface area contributed by atoms with Gasteiger partial charge in [-0.05, 0) is 44.4 Å². The number of nitrogens with one attached hydrogen (secondary N) is 1. The average Bonchev–Trinajstić information content (AvgIpc) is 2.43. The highest BCUT2D eigenvalue weighted by Crippen LogP contribution is 2.17. The lowest BCUT2D eigenvalue weighted by Gasteiger charge is -2.08. The van der Waals surface area contributed by atoms with Crippen molar-refractivity contribution in [3.8, 4) is 0 Å². The first-order valence-corrected chi connectivity index (χ1v) is 7.43. The predicted octanol–water partition coefficient (Wildman–Crippen LogP) is 4.77. The first-order valence-electron chi connectivity index (χ1n) is 6.20. The van der Waals surface area contributed by atoms with Gasteiger partial charge in [-0.15, -0.1) is 0 Å². The lowest BCUT2D eigenvalue weighted by Crippen LogP contribution is -2.06. The Bertz CT molecular complexity index is 556. The second-order valence-corrected chi connectivity index (χ2v) is 5.24. The van der Waals surface area contributed by atoms with Gasteiger partial charge in [0.15, 0.2) is 5.17 Å². The Morgan fingerprint density at radius 3 is 1.95 bits per heavy atom. The average molecular weight is 270 g/mol. The smallest absolute Gasteiger partial charge is 0.165 e. The van der Waals surface area contributed by atoms with E-state index in [0.29, 0.717) is 0 Å². The van der Waals surface area contributed by atoms with Gasteiger partial charge in [-0.3, -0.25) is 0 Å². The van der Waals surface area contributed by atoms with Crippen LogP contribution in [0.4, 0.5) is 11.4 Å². The van der Waals surface area contributed by atoms with Gasteiger partial charge in [0, 0.05) is 5.69 Å². The monoisotopic (exact) mass is 270 g/mol. The molecule has 3 heteroatoms. The Hall–Kier alpha value is -1.74. The van der Waals surface area contributed by atoms with Crippen molar-refractivity contribution in [3.63, 3.8) is 0 Å². The number of benzene rings is 2. The van der Waals surface area contributed by atoms with Crippen molar-refractivity contribution >= 4 is 28.3 Å². The molecule has 19 heavy (non-hydrogen) atoms. The van der Waals surface area contributed by atoms with Crippen LogP contribution in [0.5, 0.6) is 0 Å². The maximum atomic E-state index is 4.60. The third kappa shape index (κ3) is 4.14. The van der Waals surface area contributed by atoms with E-state index >= 15 is 0 Å². The summed E-state index contributed by atoms with van der Waals surface area (Å²) >= 11 is 1.61. The maximum absolute atomic E-state index is 4.60. The van der Waals surface area contributed by atoms with Crippen LogP contribution < -0.4 is 5.32 Å². The van der Waals surface area contributed by atoms with Crippen LogP contribution in [0.3, 0.4) is 0 Å². The molecule has 0 fully saturated rings. The van der Waals surface area contributed by atoms with Crippen LogP contribution in [0.2, 0.25) is 0 Å². The molecular formula is C16H18N2S. The SMILES string of the molecule is CS/C(=N\c1ccc(C)cc1)Nc1ccc(C)cc1. The first-order chi connectivity index (χ1) is 9.17. The van der Waals surface area contributed by atoms with Crippen LogP contribution in [0.25, 0.3) is 0 Å². The zero-order valence-electron chi connectivity index (χ0n) is 11.5. The minimum atomic E-state index is 0.896. The fourth-order valence-electron chi connectivity index (χ4n) is 1.62. The molecular weight excluding hydrogens is 252 g/mol. The van der Waals surface area contributed by atoms with Gasteiger partial charge in [0.05, 0.1) is 5.69 Å². The molecule has 0 aliphatic carbocycles. The highest BCUT2D eigenvalue weighted by atomic mass is 32.2. The molecule has 0 bridgehead atoms. The van der Waals surface area contributed by atoms with E-state index in [4.69, 9.17) is 0 Å². The molecule has 0 spiro atoms. The van der Waals surface area contributed by atoms with Gasteiger partial charge in [0.1, 0.15) is 0 Å². The summed E-state index contributed by atoms with van der Waals surface area (Å²) in [5.41, 5.74) is 4.53. The second kappa shape index (κ2) is 6.43. The zero-order chi connectivity index (χ0) is 13.7. The van der Waals surface area contributed by atoms with Crippen LogP contribution in [0.15, 0.2) is 53.5 Å². The van der Waals surface area contributed by atoms with Gasteiger partial charge < -0.3 is 5.32 Å². The Labute approximate surface area is 119 Å². The molecule has 0 aliphatic rings. The summed E-state index contributed by atoms with van der Waals surface area (Å²) in [6.07, 6.45) is 2.02. The quantitative estimate of drug-likeness (QED) is 0.628. The van der Waals surface area contributed by atoms with Crippen LogP contribution >= 0.6 is 11.8 Å². The molecule has 98 valence electrons. The standard InChI is InChI=1S/C16H18N2S/c1-12-4-8-14(9-5-12)17-16(19-3)18-15-10-6-13(2)7-11-15/h4-11H,1-3H3,(H,17,18). The number of thioether (sulfide) groups is 1. The van der Waals surface area contributed by atoms with Crippen molar-refractivity contribution in [2.24, 2.45) is 4.99 Å². The zero-order valence-corrected chi connectivity index (χ0v) is 12.3. The van der Waals surface area contributed by atoms with E-state index < -0.39 is 0 Å². The van der Waals surface area contributed by atoms with E-state index in [1.54, 1.807) is 11.8 Å². The van der Waals surface area contributed by atoms with Gasteiger partial charge in [-0.1, -0.05) is 47.2 Å². The summed E-state index contributed by atoms with van der Waals surface area (Å²) in [5.74, 6) is 0. The first kappa shape index (κ1) is 13.7. The van der Waals surface area contributed by atoms with E-state index in [0.717, 1.165) is 16.5 Å². The lowest BCUT2D eigenvalue weighted by molar-refractivity contribution is 1.43. The van der Waals surface area contributed by atoms with Gasteiger partial charge in [0.2, 0.25) is 0 Å². The molecule has 2 nitrogen and oxygen atoms in total. The normalized spacial score (nSPS) is 11.4. The Balaban J connectivity index is 2.15. The molecule has 0 saturated heterocycles. The molecule has 0 atom stereocenters. The van der Waals surface area contributed by atoms with Crippen molar-refractivity contribution in [3.05, 3.63) is 59.7 Å². The van der Waals surface area contributed by atoms with Crippen molar-refractivity contribution in [2.45, 2.75) is 13.8 Å². The number of amidine groups is 1. The van der Waals surface area contributed by atoms with Gasteiger partial charge in [-0.25, -0.2) is 4.99 Å². The molecule has 2 rings (SSSR count). The van der Waals surface area contributed by atoms with E-state index in [2.05, 4.69) is 60.6 Å². The molecule has 0 aromatic heterocycles. The minimum absolute atomic E-state index is 0.896. The van der Waals surface area contributed by atoms with Gasteiger partial charge in [0.25, 0.3) is 0 Å². The molecule has 1 N–H and O–H groups in total. The lowest BCUT2D eigenvalue weighted by atomic mass is 10.2. The number of rotatable bonds is 2. The molecule has 2 aromatic rings. The van der Waals surface area contributed by atoms with Crippen LogP contribution in [-0.2, 0) is 0 Å². The van der Waals surface area contributed by atoms with Crippen molar-refractivity contribution in [1.82, 2.24) is 0 Å². The van der Waals surface area contributed by atoms with Crippen LogP contribution in [-0.4, -0.2) is 11.4 Å². The van der Waals surface area contributed by atoms with E-state index in [9.17, 15) is 0 Å². The largest absolute Gasteiger partial charge is 0.335 e. The van der Waals surface area contributed by atoms with Crippen LogP contribution in [0.1, 0.15) is 11.1 Å². The fraction of sp³-hybridized carbons (Fsp3) is 0.188. The summed E-state index contributed by atoms with van der Waals surface area (Å²) in [6, 6.07) is 16.5. The van der Waals surface area contributed by atoms with Gasteiger partial charge >= 0.3 is 0 Å². The maximum Gasteiger partial charge on any atom is 0.165 e. The minimum Gasteiger partial charge on any atom is -0.335 e. The number of hydrogen-bond acceptors (Lipinski definition) is 2. The summed E-state index contributed by atoms with van der Waals surface area (Å²) < 4.78 is 0. The van der Waals surface area contributed by atoms with E-state index in [1.165, 1.54) is 11.1 Å². The number of aliphatic imine (C=N–C) groups is 1. The van der Waals surface area contributed by atoms with Crippen molar-refractivity contribution in [1.29, 1.82) is 0 Å². The van der Waals surface area contributed by atoms with E-state index in [1.807, 2.05) is 18.4 Å². The Morgan fingerprint density at radius 1 is 0.895 bits per heavy atom. The van der Waals surface area contributed by atoms with Crippen molar-refractivity contribution < 1.29 is 0 Å². The Kier molecular flexibility index (Phi) is 4.63. The van der Waals surface area contributed by atoms with E-state index in [-0.39, 0.29) is 0 Å². The summed E-state index contributed by atoms with van der Waals surface area (Å²) in [7, 11) is 0. The van der Waals surface area contributed by atoms with Gasteiger partial charge in [-0.2, -0.15) is 0 Å². The highest BCUT2D eigenvalue weighted by Gasteiger charge is 1.99. The molecule has 0 saturated carbocycles. The molecule has 0 radical (unpaired) electrons. The number of aryl methyl sites for hydroxylation is 2. The molecule has 0 aliphatic heterocycles. The second-order valence-electron chi connectivity index (χ2n) is 4.45. The van der Waals surface area contributed by atoms with Crippen molar-refractivity contribution in [2.75, 3.05) is 11.6 Å².